The number of aryl methyl sites for hydroxylation is 3. The molecule has 1 aliphatic heterocycles. The lowest BCUT2D eigenvalue weighted by Crippen LogP contribution is -2.52. The van der Waals surface area contributed by atoms with Crippen molar-refractivity contribution in [2.45, 2.75) is 38.6 Å². The van der Waals surface area contributed by atoms with E-state index < -0.39 is 6.04 Å². The average molecular weight is 331 g/mol. The predicted molar refractivity (Wildman–Crippen MR) is 86.3 cm³/mol. The smallest absolute Gasteiger partial charge is 0.249 e. The third-order valence-corrected chi connectivity index (χ3v) is 4.06. The van der Waals surface area contributed by atoms with Crippen molar-refractivity contribution in [2.75, 3.05) is 11.4 Å². The number of hydrogen-bond donors (Lipinski definition) is 1. The number of hydrogen-bond acceptors (Lipinski definition) is 5. The highest BCUT2D eigenvalue weighted by molar-refractivity contribution is 5.99. The third-order valence-electron chi connectivity index (χ3n) is 4.06. The summed E-state index contributed by atoms with van der Waals surface area (Å²) in [5, 5.41) is 10.8. The van der Waals surface area contributed by atoms with Gasteiger partial charge in [0.15, 0.2) is 0 Å². The number of anilines is 1. The molecule has 1 aliphatic rings. The highest BCUT2D eigenvalue weighted by Crippen LogP contribution is 2.20. The van der Waals surface area contributed by atoms with E-state index in [2.05, 4.69) is 15.6 Å². The van der Waals surface area contributed by atoms with Crippen LogP contribution in [-0.4, -0.2) is 39.3 Å². The number of aromatic nitrogens is 3. The molecule has 3 rings (SSSR count). The monoisotopic (exact) mass is 331 g/mol. The normalized spacial score (nSPS) is 18.0. The third kappa shape index (κ3) is 3.64. The first-order valence-corrected chi connectivity index (χ1v) is 8.04. The molecule has 0 saturated carbocycles. The van der Waals surface area contributed by atoms with Crippen LogP contribution in [0.25, 0.3) is 0 Å². The Bertz CT molecular complexity index is 736. The summed E-state index contributed by atoms with van der Waals surface area (Å²) >= 11 is 0. The molecule has 1 fully saturated rings. The van der Waals surface area contributed by atoms with E-state index in [9.17, 15) is 9.59 Å². The lowest BCUT2D eigenvalue weighted by Gasteiger charge is -2.31. The molecule has 2 amide bonds. The Labute approximate surface area is 139 Å². The van der Waals surface area contributed by atoms with Crippen molar-refractivity contribution in [1.29, 1.82) is 0 Å². The summed E-state index contributed by atoms with van der Waals surface area (Å²) in [4.78, 5) is 26.4. The topological polar surface area (TPSA) is 93.3 Å². The van der Waals surface area contributed by atoms with Crippen molar-refractivity contribution in [3.8, 4) is 0 Å². The van der Waals surface area contributed by atoms with Crippen LogP contribution in [-0.2, 0) is 23.1 Å². The van der Waals surface area contributed by atoms with Crippen LogP contribution in [0.15, 0.2) is 23.0 Å². The Balaban J connectivity index is 1.55. The van der Waals surface area contributed by atoms with Gasteiger partial charge in [-0.1, -0.05) is 5.16 Å². The van der Waals surface area contributed by atoms with Crippen LogP contribution in [0.4, 0.5) is 5.69 Å². The maximum Gasteiger partial charge on any atom is 0.249 e. The number of nitrogens with zero attached hydrogens (tertiary/aromatic N) is 4. The first-order chi connectivity index (χ1) is 11.5. The van der Waals surface area contributed by atoms with Crippen LogP contribution < -0.4 is 10.2 Å². The molecule has 2 aromatic heterocycles. The average Bonchev–Trinajstić information content (AvgIpc) is 3.16. The van der Waals surface area contributed by atoms with Gasteiger partial charge in [0.1, 0.15) is 11.8 Å². The molecule has 0 aromatic carbocycles. The fraction of sp³-hybridized carbons (Fsp3) is 0.500. The van der Waals surface area contributed by atoms with E-state index in [-0.39, 0.29) is 18.2 Å². The van der Waals surface area contributed by atoms with Crippen LogP contribution in [0.5, 0.6) is 0 Å². The molecule has 0 radical (unpaired) electrons. The zero-order valence-electron chi connectivity index (χ0n) is 13.9. The number of nitrogens with one attached hydrogen (secondary N) is 1. The molecule has 2 aromatic rings. The standard InChI is InChI=1S/C16H21N5O3/c1-11-8-12(19-24-11)5-6-15(22)18-14-4-3-7-21(16(14)23)13-9-17-20(2)10-13/h8-10,14H,3-7H2,1-2H3,(H,18,22). The Kier molecular flexibility index (Phi) is 4.64. The van der Waals surface area contributed by atoms with Crippen LogP contribution in [0, 0.1) is 6.92 Å². The van der Waals surface area contributed by atoms with Crippen molar-refractivity contribution in [2.24, 2.45) is 7.05 Å². The maximum absolute atomic E-state index is 12.6. The molecule has 1 N–H and O–H groups in total. The van der Waals surface area contributed by atoms with Gasteiger partial charge in [0.25, 0.3) is 0 Å². The summed E-state index contributed by atoms with van der Waals surface area (Å²) in [6, 6.07) is 1.33. The van der Waals surface area contributed by atoms with Crippen molar-refractivity contribution in [3.05, 3.63) is 29.9 Å². The fourth-order valence-corrected chi connectivity index (χ4v) is 2.86. The molecule has 0 spiro atoms. The second-order valence-electron chi connectivity index (χ2n) is 6.05. The Morgan fingerprint density at radius 2 is 2.33 bits per heavy atom. The summed E-state index contributed by atoms with van der Waals surface area (Å²) in [6.07, 6.45) is 5.74. The number of piperidine rings is 1. The zero-order valence-corrected chi connectivity index (χ0v) is 13.9. The molecular formula is C16H21N5O3. The van der Waals surface area contributed by atoms with Gasteiger partial charge in [0.2, 0.25) is 11.8 Å². The van der Waals surface area contributed by atoms with Crippen molar-refractivity contribution >= 4 is 17.5 Å². The van der Waals surface area contributed by atoms with E-state index in [1.54, 1.807) is 22.0 Å². The van der Waals surface area contributed by atoms with E-state index in [0.29, 0.717) is 19.4 Å². The highest BCUT2D eigenvalue weighted by atomic mass is 16.5. The zero-order chi connectivity index (χ0) is 17.1. The minimum atomic E-state index is -0.481. The van der Waals surface area contributed by atoms with E-state index in [4.69, 9.17) is 4.52 Å². The van der Waals surface area contributed by atoms with E-state index in [1.807, 2.05) is 20.0 Å². The quantitative estimate of drug-likeness (QED) is 0.881. The molecular weight excluding hydrogens is 310 g/mol. The van der Waals surface area contributed by atoms with Crippen molar-refractivity contribution < 1.29 is 14.1 Å². The number of carbonyl (C=O) groups excluding carboxylic acids is 2. The molecule has 1 saturated heterocycles. The SMILES string of the molecule is Cc1cc(CCC(=O)NC2CCCN(c3cnn(C)c3)C2=O)no1. The van der Waals surface area contributed by atoms with Gasteiger partial charge in [-0.2, -0.15) is 5.10 Å². The molecule has 0 aliphatic carbocycles. The minimum absolute atomic E-state index is 0.0834. The number of carbonyl (C=O) groups is 2. The second kappa shape index (κ2) is 6.86. The summed E-state index contributed by atoms with van der Waals surface area (Å²) in [7, 11) is 1.81. The first kappa shape index (κ1) is 16.2. The van der Waals surface area contributed by atoms with Gasteiger partial charge in [-0.05, 0) is 19.8 Å². The Morgan fingerprint density at radius 3 is 3.00 bits per heavy atom. The summed E-state index contributed by atoms with van der Waals surface area (Å²) in [6.45, 7) is 2.46. The van der Waals surface area contributed by atoms with Crippen LogP contribution in [0.2, 0.25) is 0 Å². The first-order valence-electron chi connectivity index (χ1n) is 8.04. The lowest BCUT2D eigenvalue weighted by atomic mass is 10.0. The second-order valence-corrected chi connectivity index (χ2v) is 6.05. The molecule has 3 heterocycles. The molecule has 8 nitrogen and oxygen atoms in total. The molecule has 8 heteroatoms. The van der Waals surface area contributed by atoms with E-state index >= 15 is 0 Å². The van der Waals surface area contributed by atoms with Gasteiger partial charge in [-0.15, -0.1) is 0 Å². The Morgan fingerprint density at radius 1 is 1.50 bits per heavy atom. The fourth-order valence-electron chi connectivity index (χ4n) is 2.86. The van der Waals surface area contributed by atoms with Crippen molar-refractivity contribution in [1.82, 2.24) is 20.3 Å². The van der Waals surface area contributed by atoms with Gasteiger partial charge in [-0.25, -0.2) is 0 Å². The Hall–Kier alpha value is -2.64. The molecule has 128 valence electrons. The number of amides is 2. The van der Waals surface area contributed by atoms with Gasteiger partial charge >= 0.3 is 0 Å². The van der Waals surface area contributed by atoms with Gasteiger partial charge in [-0.3, -0.25) is 14.3 Å². The van der Waals surface area contributed by atoms with Crippen LogP contribution >= 0.6 is 0 Å². The van der Waals surface area contributed by atoms with Gasteiger partial charge in [0.05, 0.1) is 17.6 Å². The summed E-state index contributed by atoms with van der Waals surface area (Å²) in [5.41, 5.74) is 1.51. The lowest BCUT2D eigenvalue weighted by molar-refractivity contribution is -0.128. The minimum Gasteiger partial charge on any atom is -0.361 e. The predicted octanol–water partition coefficient (Wildman–Crippen LogP) is 0.961. The van der Waals surface area contributed by atoms with Gasteiger partial charge in [0, 0.05) is 38.7 Å². The largest absolute Gasteiger partial charge is 0.361 e. The van der Waals surface area contributed by atoms with E-state index in [1.165, 1.54) is 0 Å². The van der Waals surface area contributed by atoms with E-state index in [0.717, 1.165) is 23.6 Å². The molecule has 1 unspecified atom stereocenters. The van der Waals surface area contributed by atoms with Crippen LogP contribution in [0.1, 0.15) is 30.7 Å². The van der Waals surface area contributed by atoms with Crippen LogP contribution in [0.3, 0.4) is 0 Å². The highest BCUT2D eigenvalue weighted by Gasteiger charge is 2.31. The summed E-state index contributed by atoms with van der Waals surface area (Å²) < 4.78 is 6.64. The van der Waals surface area contributed by atoms with Crippen molar-refractivity contribution in [3.63, 3.8) is 0 Å². The molecule has 1 atom stereocenters. The number of rotatable bonds is 5. The summed E-state index contributed by atoms with van der Waals surface area (Å²) in [5.74, 6) is 0.488. The molecule has 0 bridgehead atoms. The maximum atomic E-state index is 12.6. The van der Waals surface area contributed by atoms with Gasteiger partial charge < -0.3 is 14.7 Å². The molecule has 24 heavy (non-hydrogen) atoms.